The molecule has 0 bridgehead atoms. The molecule has 0 aromatic rings. The highest BCUT2D eigenvalue weighted by molar-refractivity contribution is 5.76. The van der Waals surface area contributed by atoms with Gasteiger partial charge in [-0.25, -0.2) is 0 Å². The van der Waals surface area contributed by atoms with E-state index in [1.807, 2.05) is 6.08 Å². The van der Waals surface area contributed by atoms with Crippen molar-refractivity contribution < 1.29 is 24.5 Å². The second-order valence-electron chi connectivity index (χ2n) is 23.9. The van der Waals surface area contributed by atoms with Crippen LogP contribution < -0.4 is 5.32 Å². The van der Waals surface area contributed by atoms with Gasteiger partial charge in [0.05, 0.1) is 25.4 Å². The molecular formula is C71H135NO5. The van der Waals surface area contributed by atoms with Crippen LogP contribution in [0.15, 0.2) is 36.5 Å². The van der Waals surface area contributed by atoms with Gasteiger partial charge >= 0.3 is 5.97 Å². The van der Waals surface area contributed by atoms with Crippen LogP contribution in [0.1, 0.15) is 380 Å². The Labute approximate surface area is 481 Å². The molecule has 6 heteroatoms. The van der Waals surface area contributed by atoms with Gasteiger partial charge < -0.3 is 20.3 Å². The van der Waals surface area contributed by atoms with Gasteiger partial charge in [0.2, 0.25) is 5.91 Å². The fourth-order valence-corrected chi connectivity index (χ4v) is 10.8. The lowest BCUT2D eigenvalue weighted by atomic mass is 10.0. The van der Waals surface area contributed by atoms with E-state index in [0.29, 0.717) is 19.4 Å². The number of unbranched alkanes of at least 4 members (excludes halogenated alkanes) is 50. The molecule has 0 aromatic carbocycles. The predicted molar refractivity (Wildman–Crippen MR) is 338 cm³/mol. The largest absolute Gasteiger partial charge is 0.466 e. The Morgan fingerprint density at radius 1 is 0.351 bits per heavy atom. The normalized spacial score (nSPS) is 12.7. The van der Waals surface area contributed by atoms with Gasteiger partial charge in [-0.15, -0.1) is 0 Å². The highest BCUT2D eigenvalue weighted by Gasteiger charge is 2.18. The van der Waals surface area contributed by atoms with Crippen LogP contribution in [0.2, 0.25) is 0 Å². The van der Waals surface area contributed by atoms with Crippen molar-refractivity contribution in [1.29, 1.82) is 0 Å². The molecule has 0 spiro atoms. The van der Waals surface area contributed by atoms with Crippen molar-refractivity contribution >= 4 is 11.9 Å². The van der Waals surface area contributed by atoms with Gasteiger partial charge in [0.1, 0.15) is 0 Å². The summed E-state index contributed by atoms with van der Waals surface area (Å²) in [5.74, 6) is -0.0506. The second kappa shape index (κ2) is 66.6. The number of carbonyl (C=O) groups excluding carboxylic acids is 2. The van der Waals surface area contributed by atoms with Crippen LogP contribution in [0.4, 0.5) is 0 Å². The van der Waals surface area contributed by atoms with E-state index in [-0.39, 0.29) is 18.5 Å². The molecule has 0 saturated carbocycles. The first-order valence-electron chi connectivity index (χ1n) is 34.8. The van der Waals surface area contributed by atoms with E-state index in [1.54, 1.807) is 6.08 Å². The Morgan fingerprint density at radius 3 is 0.922 bits per heavy atom. The summed E-state index contributed by atoms with van der Waals surface area (Å²) in [4.78, 5) is 24.5. The minimum atomic E-state index is -0.841. The van der Waals surface area contributed by atoms with E-state index in [2.05, 4.69) is 43.5 Å². The maximum absolute atomic E-state index is 12.4. The highest BCUT2D eigenvalue weighted by Crippen LogP contribution is 2.18. The summed E-state index contributed by atoms with van der Waals surface area (Å²) in [6.45, 7) is 4.91. The van der Waals surface area contributed by atoms with E-state index in [0.717, 1.165) is 44.9 Å². The first-order chi connectivity index (χ1) is 38.0. The first-order valence-corrected chi connectivity index (χ1v) is 34.8. The number of hydrogen-bond donors (Lipinski definition) is 3. The van der Waals surface area contributed by atoms with Crippen LogP contribution in [0, 0.1) is 0 Å². The molecule has 3 N–H and O–H groups in total. The van der Waals surface area contributed by atoms with Crippen molar-refractivity contribution in [3.8, 4) is 0 Å². The number of ether oxygens (including phenoxy) is 1. The summed E-state index contributed by atoms with van der Waals surface area (Å²) in [5.41, 5.74) is 0. The maximum atomic E-state index is 12.4. The van der Waals surface area contributed by atoms with Gasteiger partial charge in [0.15, 0.2) is 0 Å². The van der Waals surface area contributed by atoms with Crippen molar-refractivity contribution in [1.82, 2.24) is 5.32 Å². The lowest BCUT2D eigenvalue weighted by molar-refractivity contribution is -0.143. The molecule has 1 amide bonds. The van der Waals surface area contributed by atoms with Crippen LogP contribution in [-0.4, -0.2) is 47.4 Å². The molecule has 0 rings (SSSR count). The highest BCUT2D eigenvalue weighted by atomic mass is 16.5. The molecule has 0 aliphatic carbocycles. The van der Waals surface area contributed by atoms with Crippen LogP contribution in [-0.2, 0) is 14.3 Å². The summed E-state index contributed by atoms with van der Waals surface area (Å²) in [6.07, 6.45) is 85.2. The van der Waals surface area contributed by atoms with Crippen LogP contribution in [0.3, 0.4) is 0 Å². The predicted octanol–water partition coefficient (Wildman–Crippen LogP) is 22.3. The standard InChI is InChI=1S/C71H135NO5/c1-3-5-7-9-11-13-15-16-17-34-38-41-45-49-53-57-61-65-71(76)77-66-62-58-54-50-46-42-39-36-33-31-29-27-25-23-21-19-18-20-22-24-26-28-30-32-35-37-40-44-48-52-56-60-64-70(75)72-68(67-73)69(74)63-59-55-51-47-43-14-12-10-8-6-4-2/h16-17,21,23,59,63,68-69,73-74H,3-15,18-20,22,24-58,60-62,64-67H2,1-2H3,(H,72,75)/b17-16-,23-21-,63-59+. The lowest BCUT2D eigenvalue weighted by Crippen LogP contribution is -2.45. The van der Waals surface area contributed by atoms with Crippen LogP contribution in [0.5, 0.6) is 0 Å². The second-order valence-corrected chi connectivity index (χ2v) is 23.9. The molecule has 77 heavy (non-hydrogen) atoms. The molecular weight excluding hydrogens is 947 g/mol. The molecule has 0 aliphatic heterocycles. The smallest absolute Gasteiger partial charge is 0.305 e. The average Bonchev–Trinajstić information content (AvgIpc) is 3.43. The van der Waals surface area contributed by atoms with Gasteiger partial charge in [0.25, 0.3) is 0 Å². The van der Waals surface area contributed by atoms with Crippen LogP contribution >= 0.6 is 0 Å². The van der Waals surface area contributed by atoms with Gasteiger partial charge in [-0.1, -0.05) is 320 Å². The molecule has 2 unspecified atom stereocenters. The Bertz CT molecular complexity index is 1250. The molecule has 454 valence electrons. The summed E-state index contributed by atoms with van der Waals surface area (Å²) in [6, 6.07) is -0.624. The number of aliphatic hydroxyl groups excluding tert-OH is 2. The van der Waals surface area contributed by atoms with E-state index < -0.39 is 12.1 Å². The number of allylic oxidation sites excluding steroid dienone is 5. The monoisotopic (exact) mass is 1080 g/mol. The van der Waals surface area contributed by atoms with E-state index >= 15 is 0 Å². The average molecular weight is 1080 g/mol. The molecule has 0 saturated heterocycles. The van der Waals surface area contributed by atoms with E-state index in [9.17, 15) is 19.8 Å². The number of rotatable bonds is 65. The summed E-state index contributed by atoms with van der Waals surface area (Å²) in [7, 11) is 0. The first kappa shape index (κ1) is 75.1. The Balaban J connectivity index is 3.34. The van der Waals surface area contributed by atoms with Gasteiger partial charge in [-0.3, -0.25) is 9.59 Å². The Kier molecular flexibility index (Phi) is 64.9. The number of carbonyl (C=O) groups is 2. The number of nitrogens with one attached hydrogen (secondary N) is 1. The lowest BCUT2D eigenvalue weighted by Gasteiger charge is -2.20. The molecule has 2 atom stereocenters. The molecule has 0 radical (unpaired) electrons. The summed E-state index contributed by atoms with van der Waals surface area (Å²) >= 11 is 0. The van der Waals surface area contributed by atoms with Crippen molar-refractivity contribution in [2.24, 2.45) is 0 Å². The van der Waals surface area contributed by atoms with Crippen LogP contribution in [0.25, 0.3) is 0 Å². The third-order valence-corrected chi connectivity index (χ3v) is 16.1. The van der Waals surface area contributed by atoms with Crippen molar-refractivity contribution in [2.75, 3.05) is 13.2 Å². The maximum Gasteiger partial charge on any atom is 0.305 e. The third kappa shape index (κ3) is 63.1. The molecule has 0 aromatic heterocycles. The SMILES string of the molecule is CCCCCCCC/C=C\CCCCCCCCCC(=O)OCCCCCCCCCCCCCC/C=C\CCCCCCCCCCCCCCCCCCC(=O)NC(CO)C(O)/C=C/CCCCCCCCCCC. The topological polar surface area (TPSA) is 95.9 Å². The van der Waals surface area contributed by atoms with E-state index in [4.69, 9.17) is 4.74 Å². The van der Waals surface area contributed by atoms with Gasteiger partial charge in [-0.2, -0.15) is 0 Å². The molecule has 0 fully saturated rings. The number of aliphatic hydroxyl groups is 2. The summed E-state index contributed by atoms with van der Waals surface area (Å²) < 4.78 is 5.50. The number of hydrogen-bond acceptors (Lipinski definition) is 5. The van der Waals surface area contributed by atoms with Crippen molar-refractivity contribution in [2.45, 2.75) is 392 Å². The minimum Gasteiger partial charge on any atom is -0.466 e. The van der Waals surface area contributed by atoms with Gasteiger partial charge in [-0.05, 0) is 83.5 Å². The fourth-order valence-electron chi connectivity index (χ4n) is 10.8. The summed E-state index contributed by atoms with van der Waals surface area (Å²) in [5, 5.41) is 23.0. The molecule has 0 aliphatic rings. The molecule has 6 nitrogen and oxygen atoms in total. The van der Waals surface area contributed by atoms with Gasteiger partial charge in [0, 0.05) is 12.8 Å². The minimum absolute atomic E-state index is 0.0148. The van der Waals surface area contributed by atoms with E-state index in [1.165, 1.54) is 308 Å². The Morgan fingerprint density at radius 2 is 0.610 bits per heavy atom. The third-order valence-electron chi connectivity index (χ3n) is 16.1. The number of esters is 1. The zero-order valence-electron chi connectivity index (χ0n) is 52.0. The Hall–Kier alpha value is -1.92. The zero-order valence-corrected chi connectivity index (χ0v) is 52.0. The zero-order chi connectivity index (χ0) is 55.7. The molecule has 0 heterocycles. The number of amides is 1. The quantitative estimate of drug-likeness (QED) is 0.0320. The fraction of sp³-hybridized carbons (Fsp3) is 0.887. The van der Waals surface area contributed by atoms with Crippen molar-refractivity contribution in [3.63, 3.8) is 0 Å². The van der Waals surface area contributed by atoms with Crippen molar-refractivity contribution in [3.05, 3.63) is 36.5 Å².